The number of H-pyrrole nitrogens is 1. The van der Waals surface area contributed by atoms with Crippen LogP contribution in [0.4, 0.5) is 0 Å². The van der Waals surface area contributed by atoms with E-state index in [9.17, 15) is 0 Å². The second-order valence-electron chi connectivity index (χ2n) is 2.92. The van der Waals surface area contributed by atoms with Crippen LogP contribution in [0.25, 0.3) is 0 Å². The molecule has 1 aromatic heterocycles. The van der Waals surface area contributed by atoms with Crippen molar-refractivity contribution in [3.63, 3.8) is 0 Å². The molecule has 0 radical (unpaired) electrons. The molecule has 1 aromatic rings. The third kappa shape index (κ3) is 2.21. The molecule has 0 saturated carbocycles. The lowest BCUT2D eigenvalue weighted by Gasteiger charge is -1.96. The van der Waals surface area contributed by atoms with E-state index in [0.29, 0.717) is 4.84 Å². The van der Waals surface area contributed by atoms with Gasteiger partial charge >= 0.3 is 0 Å². The summed E-state index contributed by atoms with van der Waals surface area (Å²) in [5.74, 6) is 1.05. The van der Waals surface area contributed by atoms with Gasteiger partial charge in [0, 0.05) is 6.42 Å². The lowest BCUT2D eigenvalue weighted by molar-refractivity contribution is 0.484. The van der Waals surface area contributed by atoms with E-state index < -0.39 is 0 Å². The van der Waals surface area contributed by atoms with Crippen LogP contribution in [-0.4, -0.2) is 4.98 Å². The maximum Gasteiger partial charge on any atom is 0.266 e. The summed E-state index contributed by atoms with van der Waals surface area (Å²) in [5.41, 5.74) is 1.18. The van der Waals surface area contributed by atoms with Crippen LogP contribution in [0.5, 0.6) is 0 Å². The van der Waals surface area contributed by atoms with Gasteiger partial charge in [0.2, 0.25) is 0 Å². The molecule has 0 fully saturated rings. The summed E-state index contributed by atoms with van der Waals surface area (Å²) in [7, 11) is 0. The number of aromatic nitrogens is 1. The molecular weight excluding hydrogens is 170 g/mol. The minimum absolute atomic E-state index is 0.516. The van der Waals surface area contributed by atoms with Gasteiger partial charge in [0.05, 0.1) is 5.69 Å². The maximum atomic E-state index is 5.37. The summed E-state index contributed by atoms with van der Waals surface area (Å²) < 4.78 is 5.37. The summed E-state index contributed by atoms with van der Waals surface area (Å²) in [5, 5.41) is 0. The standard InChI is InChI=1S/C9H15NOS/c1-3-5-7-8(6-4-2)11-9(12)10-7/h3-6H2,1-2H3,(H,10,12). The third-order valence-corrected chi connectivity index (χ3v) is 1.97. The Hall–Kier alpha value is -0.570. The first-order valence-corrected chi connectivity index (χ1v) is 4.89. The van der Waals surface area contributed by atoms with E-state index in [1.165, 1.54) is 5.69 Å². The fraction of sp³-hybridized carbons (Fsp3) is 0.667. The summed E-state index contributed by atoms with van der Waals surface area (Å²) in [6.07, 6.45) is 4.26. The van der Waals surface area contributed by atoms with Gasteiger partial charge < -0.3 is 9.40 Å². The Morgan fingerprint density at radius 1 is 1.25 bits per heavy atom. The first-order chi connectivity index (χ1) is 5.77. The molecule has 68 valence electrons. The first-order valence-electron chi connectivity index (χ1n) is 4.48. The van der Waals surface area contributed by atoms with Crippen molar-refractivity contribution >= 4 is 12.2 Å². The van der Waals surface area contributed by atoms with E-state index in [0.717, 1.165) is 31.4 Å². The van der Waals surface area contributed by atoms with E-state index in [1.54, 1.807) is 0 Å². The Labute approximate surface area is 78.0 Å². The van der Waals surface area contributed by atoms with Gasteiger partial charge in [-0.2, -0.15) is 0 Å². The zero-order valence-electron chi connectivity index (χ0n) is 7.64. The Bertz CT molecular complexity index is 260. The molecule has 0 amide bonds. The van der Waals surface area contributed by atoms with Gasteiger partial charge in [-0.05, 0) is 25.1 Å². The van der Waals surface area contributed by atoms with Gasteiger partial charge in [-0.1, -0.05) is 20.3 Å². The zero-order chi connectivity index (χ0) is 8.97. The molecular formula is C9H15NOS. The number of aromatic amines is 1. The molecule has 0 aliphatic rings. The van der Waals surface area contributed by atoms with Gasteiger partial charge in [-0.3, -0.25) is 0 Å². The van der Waals surface area contributed by atoms with Crippen molar-refractivity contribution in [1.82, 2.24) is 4.98 Å². The highest BCUT2D eigenvalue weighted by atomic mass is 32.1. The molecule has 1 N–H and O–H groups in total. The van der Waals surface area contributed by atoms with Crippen molar-refractivity contribution in [3.05, 3.63) is 16.3 Å². The molecule has 0 bridgehead atoms. The van der Waals surface area contributed by atoms with E-state index in [-0.39, 0.29) is 0 Å². The number of rotatable bonds is 4. The topological polar surface area (TPSA) is 28.9 Å². The molecule has 3 heteroatoms. The summed E-state index contributed by atoms with van der Waals surface area (Å²) in [6.45, 7) is 4.29. The average Bonchev–Trinajstić information content (AvgIpc) is 2.33. The minimum atomic E-state index is 0.516. The van der Waals surface area contributed by atoms with Crippen molar-refractivity contribution in [2.24, 2.45) is 0 Å². The van der Waals surface area contributed by atoms with Crippen LogP contribution in [0, 0.1) is 4.84 Å². The second kappa shape index (κ2) is 4.45. The van der Waals surface area contributed by atoms with Gasteiger partial charge in [0.25, 0.3) is 4.84 Å². The zero-order valence-corrected chi connectivity index (χ0v) is 8.46. The monoisotopic (exact) mass is 185 g/mol. The molecule has 1 heterocycles. The van der Waals surface area contributed by atoms with E-state index >= 15 is 0 Å². The normalized spacial score (nSPS) is 10.5. The highest BCUT2D eigenvalue weighted by Crippen LogP contribution is 2.12. The maximum absolute atomic E-state index is 5.37. The van der Waals surface area contributed by atoms with Gasteiger partial charge in [-0.25, -0.2) is 0 Å². The average molecular weight is 185 g/mol. The van der Waals surface area contributed by atoms with Crippen LogP contribution in [0.15, 0.2) is 4.42 Å². The van der Waals surface area contributed by atoms with Crippen LogP contribution in [0.1, 0.15) is 38.1 Å². The molecule has 1 rings (SSSR count). The number of oxazole rings is 1. The number of hydrogen-bond acceptors (Lipinski definition) is 2. The molecule has 0 aliphatic heterocycles. The highest BCUT2D eigenvalue weighted by molar-refractivity contribution is 7.71. The Kier molecular flexibility index (Phi) is 3.53. The summed E-state index contributed by atoms with van der Waals surface area (Å²) in [4.78, 5) is 3.59. The first kappa shape index (κ1) is 9.52. The predicted molar refractivity (Wildman–Crippen MR) is 51.9 cm³/mol. The Morgan fingerprint density at radius 3 is 2.50 bits per heavy atom. The second-order valence-corrected chi connectivity index (χ2v) is 3.29. The van der Waals surface area contributed by atoms with Crippen molar-refractivity contribution in [1.29, 1.82) is 0 Å². The molecule has 0 aromatic carbocycles. The molecule has 0 saturated heterocycles. The molecule has 2 nitrogen and oxygen atoms in total. The summed E-state index contributed by atoms with van der Waals surface area (Å²) >= 11 is 4.93. The smallest absolute Gasteiger partial charge is 0.266 e. The third-order valence-electron chi connectivity index (χ3n) is 1.78. The SMILES string of the molecule is CCCc1[nH]c(=S)oc1CCC. The van der Waals surface area contributed by atoms with Crippen molar-refractivity contribution in [3.8, 4) is 0 Å². The van der Waals surface area contributed by atoms with Crippen LogP contribution in [0.2, 0.25) is 0 Å². The van der Waals surface area contributed by atoms with Crippen LogP contribution >= 0.6 is 12.2 Å². The van der Waals surface area contributed by atoms with Crippen LogP contribution < -0.4 is 0 Å². The number of aryl methyl sites for hydroxylation is 2. The number of nitrogens with one attached hydrogen (secondary N) is 1. The van der Waals surface area contributed by atoms with Crippen molar-refractivity contribution < 1.29 is 4.42 Å². The quantitative estimate of drug-likeness (QED) is 0.729. The fourth-order valence-corrected chi connectivity index (χ4v) is 1.50. The highest BCUT2D eigenvalue weighted by Gasteiger charge is 2.05. The van der Waals surface area contributed by atoms with Gasteiger partial charge in [0.15, 0.2) is 0 Å². The van der Waals surface area contributed by atoms with E-state index in [2.05, 4.69) is 18.8 Å². The molecule has 12 heavy (non-hydrogen) atoms. The lowest BCUT2D eigenvalue weighted by Crippen LogP contribution is -1.90. The van der Waals surface area contributed by atoms with Crippen LogP contribution in [-0.2, 0) is 12.8 Å². The van der Waals surface area contributed by atoms with Crippen molar-refractivity contribution in [2.75, 3.05) is 0 Å². The van der Waals surface area contributed by atoms with E-state index in [1.807, 2.05) is 0 Å². The number of hydrogen-bond donors (Lipinski definition) is 1. The largest absolute Gasteiger partial charge is 0.434 e. The predicted octanol–water partition coefficient (Wildman–Crippen LogP) is 3.24. The van der Waals surface area contributed by atoms with Crippen LogP contribution in [0.3, 0.4) is 0 Å². The van der Waals surface area contributed by atoms with Gasteiger partial charge in [0.1, 0.15) is 5.76 Å². The Morgan fingerprint density at radius 2 is 1.92 bits per heavy atom. The fourth-order valence-electron chi connectivity index (χ4n) is 1.27. The molecule has 0 unspecified atom stereocenters. The minimum Gasteiger partial charge on any atom is -0.434 e. The van der Waals surface area contributed by atoms with E-state index in [4.69, 9.17) is 16.6 Å². The Balaban J connectivity index is 2.84. The summed E-state index contributed by atoms with van der Waals surface area (Å²) in [6, 6.07) is 0. The molecule has 0 atom stereocenters. The van der Waals surface area contributed by atoms with Gasteiger partial charge in [-0.15, -0.1) is 0 Å². The van der Waals surface area contributed by atoms with Crippen molar-refractivity contribution in [2.45, 2.75) is 39.5 Å². The lowest BCUT2D eigenvalue weighted by atomic mass is 10.1. The molecule has 0 aliphatic carbocycles. The molecule has 0 spiro atoms.